The number of hydrogen-bond donors (Lipinski definition) is 1. The van der Waals surface area contributed by atoms with Gasteiger partial charge in [0, 0.05) is 28.0 Å². The molecule has 1 aliphatic heterocycles. The fraction of sp³-hybridized carbons (Fsp3) is 0.238. The van der Waals surface area contributed by atoms with E-state index in [-0.39, 0.29) is 24.3 Å². The lowest BCUT2D eigenvalue weighted by molar-refractivity contribution is -0.117. The number of anilines is 2. The van der Waals surface area contributed by atoms with Gasteiger partial charge in [-0.05, 0) is 62.4 Å². The molecule has 7 nitrogen and oxygen atoms in total. The number of likely N-dealkylation sites (N-methyl/N-ethyl adjacent to an activating group) is 1. The Morgan fingerprint density at radius 2 is 1.79 bits per heavy atom. The highest BCUT2D eigenvalue weighted by atomic mass is 79.9. The minimum atomic E-state index is -0.272. The van der Waals surface area contributed by atoms with E-state index in [2.05, 4.69) is 26.3 Å². The number of amides is 3. The molecular weight excluding hydrogens is 436 g/mol. The number of carbonyl (C=O) groups excluding carboxylic acids is 3. The van der Waals surface area contributed by atoms with Crippen molar-refractivity contribution >= 4 is 50.7 Å². The molecule has 0 spiro atoms. The second kappa shape index (κ2) is 9.00. The molecule has 0 atom stereocenters. The molecule has 0 radical (unpaired) electrons. The van der Waals surface area contributed by atoms with E-state index in [1.165, 1.54) is 9.91 Å². The Balaban J connectivity index is 1.65. The van der Waals surface area contributed by atoms with Crippen molar-refractivity contribution in [3.05, 3.63) is 58.6 Å². The fourth-order valence-electron chi connectivity index (χ4n) is 2.92. The fourth-order valence-corrected chi connectivity index (χ4v) is 3.18. The third-order valence-corrected chi connectivity index (χ3v) is 4.93. The number of hydrogen-bond acceptors (Lipinski definition) is 4. The Kier molecular flexibility index (Phi) is 6.43. The van der Waals surface area contributed by atoms with Gasteiger partial charge >= 0.3 is 0 Å². The van der Waals surface area contributed by atoms with Crippen LogP contribution in [0, 0.1) is 0 Å². The molecule has 8 heteroatoms. The average Bonchev–Trinajstić information content (AvgIpc) is 3.05. The van der Waals surface area contributed by atoms with Crippen LogP contribution in [0.4, 0.5) is 11.4 Å². The molecule has 3 amide bonds. The Labute approximate surface area is 177 Å². The minimum absolute atomic E-state index is 0.0543. The largest absolute Gasteiger partial charge is 0.330 e. The molecule has 0 bridgehead atoms. The van der Waals surface area contributed by atoms with Gasteiger partial charge in [-0.15, -0.1) is 0 Å². The molecule has 2 aromatic rings. The highest BCUT2D eigenvalue weighted by Crippen LogP contribution is 2.21. The lowest BCUT2D eigenvalue weighted by Crippen LogP contribution is -2.37. The normalized spacial score (nSPS) is 13.3. The molecule has 0 unspecified atom stereocenters. The first kappa shape index (κ1) is 20.7. The predicted octanol–water partition coefficient (Wildman–Crippen LogP) is 3.66. The standard InChI is InChI=1S/C21H21BrN4O3/c1-3-25(13-19(27)23-17-8-6-16(22)7-9-17)21(29)15-4-10-18(11-5-15)26-20(28)12-14(2)24-26/h4-11H,3,12-13H2,1-2H3,(H,23,27). The molecule has 1 heterocycles. The number of carbonyl (C=O) groups is 3. The van der Waals surface area contributed by atoms with Crippen molar-refractivity contribution in [1.29, 1.82) is 0 Å². The third kappa shape index (κ3) is 5.08. The summed E-state index contributed by atoms with van der Waals surface area (Å²) >= 11 is 3.35. The summed E-state index contributed by atoms with van der Waals surface area (Å²) in [6.07, 6.45) is 0.303. The van der Waals surface area contributed by atoms with Gasteiger partial charge in [0.1, 0.15) is 6.54 Å². The second-order valence-corrected chi connectivity index (χ2v) is 7.55. The zero-order valence-corrected chi connectivity index (χ0v) is 17.8. The van der Waals surface area contributed by atoms with Gasteiger partial charge in [-0.2, -0.15) is 5.10 Å². The molecule has 0 aliphatic carbocycles. The quantitative estimate of drug-likeness (QED) is 0.719. The lowest BCUT2D eigenvalue weighted by Gasteiger charge is -2.21. The van der Waals surface area contributed by atoms with Gasteiger partial charge in [0.15, 0.2) is 0 Å². The van der Waals surface area contributed by atoms with E-state index < -0.39 is 0 Å². The summed E-state index contributed by atoms with van der Waals surface area (Å²) in [6, 6.07) is 13.9. The molecule has 0 aromatic heterocycles. The van der Waals surface area contributed by atoms with Gasteiger partial charge in [-0.3, -0.25) is 14.4 Å². The molecule has 29 heavy (non-hydrogen) atoms. The van der Waals surface area contributed by atoms with E-state index in [1.807, 2.05) is 19.1 Å². The summed E-state index contributed by atoms with van der Waals surface area (Å²) in [5, 5.41) is 8.32. The van der Waals surface area contributed by atoms with Crippen LogP contribution in [0.3, 0.4) is 0 Å². The highest BCUT2D eigenvalue weighted by molar-refractivity contribution is 9.10. The van der Waals surface area contributed by atoms with Crippen molar-refractivity contribution in [3.63, 3.8) is 0 Å². The van der Waals surface area contributed by atoms with Gasteiger partial charge in [0.2, 0.25) is 5.91 Å². The first-order chi connectivity index (χ1) is 13.9. The van der Waals surface area contributed by atoms with Crippen LogP contribution < -0.4 is 10.3 Å². The van der Waals surface area contributed by atoms with Crippen LogP contribution in [-0.4, -0.2) is 41.4 Å². The second-order valence-electron chi connectivity index (χ2n) is 6.64. The van der Waals surface area contributed by atoms with Crippen molar-refractivity contribution in [1.82, 2.24) is 4.90 Å². The number of halogens is 1. The molecule has 3 rings (SSSR count). The molecule has 1 N–H and O–H groups in total. The van der Waals surface area contributed by atoms with Gasteiger partial charge < -0.3 is 10.2 Å². The SMILES string of the molecule is CCN(CC(=O)Nc1ccc(Br)cc1)C(=O)c1ccc(N2N=C(C)CC2=O)cc1. The smallest absolute Gasteiger partial charge is 0.254 e. The van der Waals surface area contributed by atoms with Crippen molar-refractivity contribution in [2.45, 2.75) is 20.3 Å². The summed E-state index contributed by atoms with van der Waals surface area (Å²) in [5.74, 6) is -0.620. The summed E-state index contributed by atoms with van der Waals surface area (Å²) in [4.78, 5) is 38.5. The Morgan fingerprint density at radius 1 is 1.14 bits per heavy atom. The summed E-state index contributed by atoms with van der Waals surface area (Å²) in [7, 11) is 0. The third-order valence-electron chi connectivity index (χ3n) is 4.40. The zero-order chi connectivity index (χ0) is 21.0. The van der Waals surface area contributed by atoms with Crippen molar-refractivity contribution in [3.8, 4) is 0 Å². The Hall–Kier alpha value is -3.00. The zero-order valence-electron chi connectivity index (χ0n) is 16.2. The number of hydrazone groups is 1. The van der Waals surface area contributed by atoms with Crippen LogP contribution in [0.2, 0.25) is 0 Å². The molecule has 2 aromatic carbocycles. The molecule has 0 saturated carbocycles. The van der Waals surface area contributed by atoms with Gasteiger partial charge in [0.25, 0.3) is 11.8 Å². The van der Waals surface area contributed by atoms with Crippen LogP contribution in [0.15, 0.2) is 58.1 Å². The maximum Gasteiger partial charge on any atom is 0.254 e. The average molecular weight is 457 g/mol. The predicted molar refractivity (Wildman–Crippen MR) is 116 cm³/mol. The monoisotopic (exact) mass is 456 g/mol. The van der Waals surface area contributed by atoms with Gasteiger partial charge in [0.05, 0.1) is 12.1 Å². The maximum atomic E-state index is 12.8. The Bertz CT molecular complexity index is 955. The number of benzene rings is 2. The first-order valence-corrected chi connectivity index (χ1v) is 9.98. The van der Waals surface area contributed by atoms with Gasteiger partial charge in [-0.25, -0.2) is 5.01 Å². The number of nitrogens with zero attached hydrogens (tertiary/aromatic N) is 3. The number of nitrogens with one attached hydrogen (secondary N) is 1. The van der Waals surface area contributed by atoms with E-state index in [0.29, 0.717) is 29.9 Å². The Morgan fingerprint density at radius 3 is 2.34 bits per heavy atom. The molecule has 0 saturated heterocycles. The number of rotatable bonds is 6. The first-order valence-electron chi connectivity index (χ1n) is 9.19. The molecule has 150 valence electrons. The summed E-state index contributed by atoms with van der Waals surface area (Å²) < 4.78 is 0.917. The van der Waals surface area contributed by atoms with E-state index in [4.69, 9.17) is 0 Å². The molecule has 0 fully saturated rings. The lowest BCUT2D eigenvalue weighted by atomic mass is 10.1. The van der Waals surface area contributed by atoms with Crippen LogP contribution in [0.1, 0.15) is 30.6 Å². The van der Waals surface area contributed by atoms with Crippen molar-refractivity contribution in [2.24, 2.45) is 5.10 Å². The maximum absolute atomic E-state index is 12.8. The van der Waals surface area contributed by atoms with E-state index in [0.717, 1.165) is 10.2 Å². The van der Waals surface area contributed by atoms with Crippen LogP contribution in [0.5, 0.6) is 0 Å². The van der Waals surface area contributed by atoms with Gasteiger partial charge in [-0.1, -0.05) is 15.9 Å². The topological polar surface area (TPSA) is 82.1 Å². The van der Waals surface area contributed by atoms with Crippen molar-refractivity contribution < 1.29 is 14.4 Å². The van der Waals surface area contributed by atoms with Crippen molar-refractivity contribution in [2.75, 3.05) is 23.4 Å². The minimum Gasteiger partial charge on any atom is -0.330 e. The molecule has 1 aliphatic rings. The van der Waals surface area contributed by atoms with E-state index in [9.17, 15) is 14.4 Å². The van der Waals surface area contributed by atoms with Crippen LogP contribution in [0.25, 0.3) is 0 Å². The highest BCUT2D eigenvalue weighted by Gasteiger charge is 2.23. The molecular formula is C21H21BrN4O3. The summed E-state index contributed by atoms with van der Waals surface area (Å²) in [5.41, 5.74) is 2.47. The van der Waals surface area contributed by atoms with Crippen LogP contribution in [-0.2, 0) is 9.59 Å². The van der Waals surface area contributed by atoms with E-state index in [1.54, 1.807) is 43.3 Å². The summed E-state index contributed by atoms with van der Waals surface area (Å²) in [6.45, 7) is 3.96. The van der Waals surface area contributed by atoms with E-state index >= 15 is 0 Å². The van der Waals surface area contributed by atoms with Crippen LogP contribution >= 0.6 is 15.9 Å².